The maximum Gasteiger partial charge on any atom is 0.192 e. The van der Waals surface area contributed by atoms with E-state index in [0.29, 0.717) is 18.4 Å². The van der Waals surface area contributed by atoms with Gasteiger partial charge in [-0.2, -0.15) is 0 Å². The number of aliphatic imine (C=N–C) groups is 1. The number of phenols is 1. The molecular weight excluding hydrogens is 226 g/mol. The van der Waals surface area contributed by atoms with Crippen LogP contribution in [-0.2, 0) is 5.54 Å². The van der Waals surface area contributed by atoms with Gasteiger partial charge in [-0.15, -0.1) is 0 Å². The highest BCUT2D eigenvalue weighted by atomic mass is 16.3. The van der Waals surface area contributed by atoms with Crippen LogP contribution in [0.5, 0.6) is 5.75 Å². The van der Waals surface area contributed by atoms with E-state index in [1.807, 2.05) is 12.1 Å². The van der Waals surface area contributed by atoms with Crippen LogP contribution in [0.3, 0.4) is 0 Å². The standard InChI is InChI=1S/C14H21N3O/c1-10(2)8-17-13(15)16-9-14(17,3)11-4-6-12(18)7-5-11/h4-7,10,18H,8-9H2,1-3H3,(H2,15,16). The Morgan fingerprint density at radius 3 is 2.56 bits per heavy atom. The van der Waals surface area contributed by atoms with Gasteiger partial charge >= 0.3 is 0 Å². The van der Waals surface area contributed by atoms with Crippen LogP contribution in [0.4, 0.5) is 0 Å². The van der Waals surface area contributed by atoms with E-state index in [1.165, 1.54) is 0 Å². The Balaban J connectivity index is 2.32. The fourth-order valence-electron chi connectivity index (χ4n) is 2.39. The third-order valence-electron chi connectivity index (χ3n) is 3.46. The maximum absolute atomic E-state index is 9.38. The van der Waals surface area contributed by atoms with E-state index in [4.69, 9.17) is 5.73 Å². The minimum atomic E-state index is -0.206. The van der Waals surface area contributed by atoms with Gasteiger partial charge in [0.05, 0.1) is 12.1 Å². The van der Waals surface area contributed by atoms with Crippen molar-refractivity contribution in [2.24, 2.45) is 16.6 Å². The van der Waals surface area contributed by atoms with Crippen molar-refractivity contribution in [2.75, 3.05) is 13.1 Å². The van der Waals surface area contributed by atoms with Crippen molar-refractivity contribution < 1.29 is 5.11 Å². The molecule has 0 bridgehead atoms. The molecule has 0 saturated heterocycles. The molecule has 0 radical (unpaired) electrons. The zero-order valence-electron chi connectivity index (χ0n) is 11.2. The monoisotopic (exact) mass is 247 g/mol. The zero-order valence-corrected chi connectivity index (χ0v) is 11.2. The second-order valence-corrected chi connectivity index (χ2v) is 5.50. The van der Waals surface area contributed by atoms with E-state index in [2.05, 4.69) is 30.7 Å². The average molecular weight is 247 g/mol. The van der Waals surface area contributed by atoms with E-state index in [-0.39, 0.29) is 11.3 Å². The third kappa shape index (κ3) is 2.15. The van der Waals surface area contributed by atoms with Gasteiger partial charge in [-0.1, -0.05) is 26.0 Å². The Bertz CT molecular complexity index is 453. The first-order chi connectivity index (χ1) is 8.43. The highest BCUT2D eigenvalue weighted by Gasteiger charge is 2.39. The van der Waals surface area contributed by atoms with Crippen molar-refractivity contribution in [2.45, 2.75) is 26.3 Å². The zero-order chi connectivity index (χ0) is 13.3. The first kappa shape index (κ1) is 12.7. The molecular formula is C14H21N3O. The number of hydrogen-bond donors (Lipinski definition) is 2. The lowest BCUT2D eigenvalue weighted by molar-refractivity contribution is 0.204. The molecule has 18 heavy (non-hydrogen) atoms. The van der Waals surface area contributed by atoms with E-state index < -0.39 is 0 Å². The molecule has 1 aromatic rings. The Morgan fingerprint density at radius 1 is 1.39 bits per heavy atom. The van der Waals surface area contributed by atoms with Gasteiger partial charge in [0.15, 0.2) is 5.96 Å². The second kappa shape index (κ2) is 4.52. The van der Waals surface area contributed by atoms with Crippen LogP contribution in [0.25, 0.3) is 0 Å². The molecule has 3 N–H and O–H groups in total. The third-order valence-corrected chi connectivity index (χ3v) is 3.46. The lowest BCUT2D eigenvalue weighted by atomic mass is 9.90. The number of benzene rings is 1. The molecule has 0 fully saturated rings. The topological polar surface area (TPSA) is 61.8 Å². The van der Waals surface area contributed by atoms with Crippen molar-refractivity contribution in [1.29, 1.82) is 0 Å². The first-order valence-electron chi connectivity index (χ1n) is 6.30. The summed E-state index contributed by atoms with van der Waals surface area (Å²) < 4.78 is 0. The predicted molar refractivity (Wildman–Crippen MR) is 73.5 cm³/mol. The summed E-state index contributed by atoms with van der Waals surface area (Å²) in [5, 5.41) is 9.38. The Labute approximate surface area is 108 Å². The van der Waals surface area contributed by atoms with Gasteiger partial charge in [0.1, 0.15) is 5.75 Å². The molecule has 98 valence electrons. The summed E-state index contributed by atoms with van der Waals surface area (Å²) in [5.41, 5.74) is 6.92. The van der Waals surface area contributed by atoms with Crippen LogP contribution in [0.1, 0.15) is 26.3 Å². The Morgan fingerprint density at radius 2 is 2.00 bits per heavy atom. The molecule has 1 aliphatic rings. The van der Waals surface area contributed by atoms with E-state index in [0.717, 1.165) is 12.1 Å². The molecule has 1 unspecified atom stereocenters. The number of guanidine groups is 1. The number of hydrogen-bond acceptors (Lipinski definition) is 4. The molecule has 0 aliphatic carbocycles. The van der Waals surface area contributed by atoms with Crippen LogP contribution in [0, 0.1) is 5.92 Å². The van der Waals surface area contributed by atoms with Crippen molar-refractivity contribution in [3.05, 3.63) is 29.8 Å². The highest BCUT2D eigenvalue weighted by Crippen LogP contribution is 2.33. The highest BCUT2D eigenvalue weighted by molar-refractivity contribution is 5.81. The van der Waals surface area contributed by atoms with Crippen LogP contribution >= 0.6 is 0 Å². The first-order valence-corrected chi connectivity index (χ1v) is 6.30. The van der Waals surface area contributed by atoms with Crippen LogP contribution in [0.15, 0.2) is 29.3 Å². The molecule has 4 heteroatoms. The van der Waals surface area contributed by atoms with Crippen LogP contribution in [-0.4, -0.2) is 29.1 Å². The van der Waals surface area contributed by atoms with Gasteiger partial charge in [-0.3, -0.25) is 4.99 Å². The summed E-state index contributed by atoms with van der Waals surface area (Å²) in [6.07, 6.45) is 0. The Hall–Kier alpha value is -1.71. The van der Waals surface area contributed by atoms with Gasteiger partial charge in [0.25, 0.3) is 0 Å². The number of phenolic OH excluding ortho intramolecular Hbond substituents is 1. The molecule has 0 saturated carbocycles. The number of nitrogens with two attached hydrogens (primary N) is 1. The van der Waals surface area contributed by atoms with Crippen LogP contribution < -0.4 is 5.73 Å². The summed E-state index contributed by atoms with van der Waals surface area (Å²) >= 11 is 0. The maximum atomic E-state index is 9.38. The summed E-state index contributed by atoms with van der Waals surface area (Å²) in [6, 6.07) is 7.30. The summed E-state index contributed by atoms with van der Waals surface area (Å²) in [7, 11) is 0. The molecule has 2 rings (SSSR count). The lowest BCUT2D eigenvalue weighted by Gasteiger charge is -2.37. The predicted octanol–water partition coefficient (Wildman–Crippen LogP) is 1.89. The van der Waals surface area contributed by atoms with E-state index in [9.17, 15) is 5.11 Å². The fourth-order valence-corrected chi connectivity index (χ4v) is 2.39. The summed E-state index contributed by atoms with van der Waals surface area (Å²) in [5.74, 6) is 1.41. The summed E-state index contributed by atoms with van der Waals surface area (Å²) in [6.45, 7) is 8.03. The number of aromatic hydroxyl groups is 1. The molecule has 4 nitrogen and oxygen atoms in total. The molecule has 1 heterocycles. The van der Waals surface area contributed by atoms with Gasteiger partial charge in [-0.05, 0) is 30.5 Å². The second-order valence-electron chi connectivity index (χ2n) is 5.50. The van der Waals surface area contributed by atoms with Crippen LogP contribution in [0.2, 0.25) is 0 Å². The number of nitrogens with zero attached hydrogens (tertiary/aromatic N) is 2. The fraction of sp³-hybridized carbons (Fsp3) is 0.500. The normalized spacial score (nSPS) is 23.6. The molecule has 1 atom stereocenters. The minimum absolute atomic E-state index is 0.206. The largest absolute Gasteiger partial charge is 0.508 e. The smallest absolute Gasteiger partial charge is 0.192 e. The van der Waals surface area contributed by atoms with Crippen molar-refractivity contribution in [3.8, 4) is 5.75 Å². The summed E-state index contributed by atoms with van der Waals surface area (Å²) in [4.78, 5) is 6.54. The van der Waals surface area contributed by atoms with Gasteiger partial charge in [0.2, 0.25) is 0 Å². The SMILES string of the molecule is CC(C)CN1C(N)=NCC1(C)c1ccc(O)cc1. The van der Waals surface area contributed by atoms with Gasteiger partial charge in [-0.25, -0.2) is 0 Å². The van der Waals surface area contributed by atoms with Gasteiger partial charge < -0.3 is 15.7 Å². The van der Waals surface area contributed by atoms with Crippen molar-refractivity contribution in [3.63, 3.8) is 0 Å². The van der Waals surface area contributed by atoms with E-state index >= 15 is 0 Å². The quantitative estimate of drug-likeness (QED) is 0.857. The Kier molecular flexibility index (Phi) is 3.20. The van der Waals surface area contributed by atoms with Gasteiger partial charge in [0, 0.05) is 6.54 Å². The number of rotatable bonds is 3. The lowest BCUT2D eigenvalue weighted by Crippen LogP contribution is -2.48. The average Bonchev–Trinajstić information content (AvgIpc) is 2.59. The van der Waals surface area contributed by atoms with Crippen molar-refractivity contribution in [1.82, 2.24) is 4.90 Å². The molecule has 0 aromatic heterocycles. The molecule has 1 aliphatic heterocycles. The van der Waals surface area contributed by atoms with Crippen molar-refractivity contribution >= 4 is 5.96 Å². The molecule has 1 aromatic carbocycles. The minimum Gasteiger partial charge on any atom is -0.508 e. The molecule has 0 amide bonds. The molecule has 0 spiro atoms. The van der Waals surface area contributed by atoms with E-state index in [1.54, 1.807) is 12.1 Å².